The second kappa shape index (κ2) is 8.12. The van der Waals surface area contributed by atoms with Crippen molar-refractivity contribution in [2.75, 3.05) is 13.7 Å². The molecule has 1 saturated heterocycles. The number of urea groups is 1. The molecule has 1 fully saturated rings. The predicted molar refractivity (Wildman–Crippen MR) is 110 cm³/mol. The maximum Gasteiger partial charge on any atom is 0.328 e. The standard InChI is InChI=1S/C22H19N3O5/c1-29-15-6-8-16(9-7-15)30-11-10-25-13-14(17-4-2-3-5-19(17)25)12-18-20(26)23-22(28)24-21(18)27/h2-9,12-13H,10-11H2,1H3,(H2,23,24,26,27,28). The van der Waals surface area contributed by atoms with E-state index in [0.29, 0.717) is 18.7 Å². The molecule has 1 aromatic heterocycles. The molecule has 0 unspecified atom stereocenters. The van der Waals surface area contributed by atoms with Crippen molar-refractivity contribution in [3.8, 4) is 11.5 Å². The van der Waals surface area contributed by atoms with Gasteiger partial charge in [0.15, 0.2) is 0 Å². The van der Waals surface area contributed by atoms with Crippen LogP contribution in [0.1, 0.15) is 5.56 Å². The van der Waals surface area contributed by atoms with Gasteiger partial charge in [0.1, 0.15) is 23.7 Å². The average Bonchev–Trinajstić information content (AvgIpc) is 3.09. The first kappa shape index (κ1) is 19.3. The highest BCUT2D eigenvalue weighted by atomic mass is 16.5. The highest BCUT2D eigenvalue weighted by Crippen LogP contribution is 2.24. The van der Waals surface area contributed by atoms with Gasteiger partial charge in [0.25, 0.3) is 11.8 Å². The lowest BCUT2D eigenvalue weighted by Gasteiger charge is -2.13. The van der Waals surface area contributed by atoms with Crippen molar-refractivity contribution in [2.45, 2.75) is 6.54 Å². The lowest BCUT2D eigenvalue weighted by Crippen LogP contribution is -2.51. The van der Waals surface area contributed by atoms with Gasteiger partial charge < -0.3 is 14.0 Å². The van der Waals surface area contributed by atoms with Crippen molar-refractivity contribution in [2.24, 2.45) is 0 Å². The maximum absolute atomic E-state index is 12.0. The van der Waals surface area contributed by atoms with Crippen LogP contribution in [0.15, 0.2) is 60.3 Å². The van der Waals surface area contributed by atoms with E-state index >= 15 is 0 Å². The summed E-state index contributed by atoms with van der Waals surface area (Å²) in [7, 11) is 1.61. The minimum absolute atomic E-state index is 0.119. The summed E-state index contributed by atoms with van der Waals surface area (Å²) in [5, 5.41) is 5.04. The molecule has 0 radical (unpaired) electrons. The van der Waals surface area contributed by atoms with Crippen molar-refractivity contribution < 1.29 is 23.9 Å². The van der Waals surface area contributed by atoms with Crippen LogP contribution in [0.25, 0.3) is 17.0 Å². The maximum atomic E-state index is 12.0. The summed E-state index contributed by atoms with van der Waals surface area (Å²) in [5.41, 5.74) is 1.52. The fourth-order valence-corrected chi connectivity index (χ4v) is 3.27. The molecule has 8 nitrogen and oxygen atoms in total. The van der Waals surface area contributed by atoms with E-state index in [-0.39, 0.29) is 5.57 Å². The molecule has 0 bridgehead atoms. The Balaban J connectivity index is 1.56. The summed E-state index contributed by atoms with van der Waals surface area (Å²) in [4.78, 5) is 35.3. The zero-order chi connectivity index (χ0) is 21.1. The molecule has 0 spiro atoms. The first-order valence-electron chi connectivity index (χ1n) is 9.28. The van der Waals surface area contributed by atoms with Gasteiger partial charge in [0.05, 0.1) is 13.7 Å². The van der Waals surface area contributed by atoms with E-state index in [9.17, 15) is 14.4 Å². The van der Waals surface area contributed by atoms with Crippen LogP contribution in [-0.4, -0.2) is 36.1 Å². The number of nitrogens with zero attached hydrogens (tertiary/aromatic N) is 1. The fourth-order valence-electron chi connectivity index (χ4n) is 3.27. The lowest BCUT2D eigenvalue weighted by atomic mass is 10.1. The molecule has 1 aliphatic heterocycles. The van der Waals surface area contributed by atoms with Crippen molar-refractivity contribution >= 4 is 34.8 Å². The van der Waals surface area contributed by atoms with E-state index in [1.807, 2.05) is 59.3 Å². The van der Waals surface area contributed by atoms with E-state index in [2.05, 4.69) is 10.6 Å². The fraction of sp³-hybridized carbons (Fsp3) is 0.136. The molecule has 4 amide bonds. The number of amides is 4. The lowest BCUT2D eigenvalue weighted by molar-refractivity contribution is -0.123. The molecule has 152 valence electrons. The van der Waals surface area contributed by atoms with Gasteiger partial charge in [0.2, 0.25) is 0 Å². The van der Waals surface area contributed by atoms with Gasteiger partial charge in [-0.25, -0.2) is 4.79 Å². The normalized spacial score (nSPS) is 13.8. The Morgan fingerprint density at radius 2 is 1.60 bits per heavy atom. The van der Waals surface area contributed by atoms with Crippen molar-refractivity contribution in [3.63, 3.8) is 0 Å². The summed E-state index contributed by atoms with van der Waals surface area (Å²) >= 11 is 0. The van der Waals surface area contributed by atoms with Crippen LogP contribution < -0.4 is 20.1 Å². The molecule has 0 atom stereocenters. The minimum Gasteiger partial charge on any atom is -0.497 e. The quantitative estimate of drug-likeness (QED) is 0.485. The Morgan fingerprint density at radius 1 is 0.933 bits per heavy atom. The van der Waals surface area contributed by atoms with Gasteiger partial charge in [-0.1, -0.05) is 18.2 Å². The molecule has 2 aromatic carbocycles. The van der Waals surface area contributed by atoms with Gasteiger partial charge in [-0.05, 0) is 36.4 Å². The third kappa shape index (κ3) is 3.88. The first-order chi connectivity index (χ1) is 14.5. The molecule has 30 heavy (non-hydrogen) atoms. The van der Waals surface area contributed by atoms with Crippen LogP contribution in [-0.2, 0) is 16.1 Å². The Labute approximate surface area is 172 Å². The van der Waals surface area contributed by atoms with E-state index in [1.165, 1.54) is 6.08 Å². The number of hydrogen-bond donors (Lipinski definition) is 2. The van der Waals surface area contributed by atoms with Gasteiger partial charge in [0, 0.05) is 22.7 Å². The number of nitrogens with one attached hydrogen (secondary N) is 2. The van der Waals surface area contributed by atoms with Crippen LogP contribution in [0, 0.1) is 0 Å². The van der Waals surface area contributed by atoms with Gasteiger partial charge in [-0.15, -0.1) is 0 Å². The monoisotopic (exact) mass is 405 g/mol. The number of ether oxygens (including phenoxy) is 2. The zero-order valence-electron chi connectivity index (χ0n) is 16.2. The number of benzene rings is 2. The number of methoxy groups -OCH3 is 1. The molecule has 1 aliphatic rings. The summed E-state index contributed by atoms with van der Waals surface area (Å²) in [6.45, 7) is 0.989. The molecule has 2 heterocycles. The minimum atomic E-state index is -0.819. The number of hydrogen-bond acceptors (Lipinski definition) is 5. The molecular weight excluding hydrogens is 386 g/mol. The third-order valence-electron chi connectivity index (χ3n) is 4.72. The van der Waals surface area contributed by atoms with Crippen molar-refractivity contribution in [1.29, 1.82) is 0 Å². The SMILES string of the molecule is COc1ccc(OCCn2cc(C=C3C(=O)NC(=O)NC3=O)c3ccccc32)cc1. The summed E-state index contributed by atoms with van der Waals surface area (Å²) in [5.74, 6) is 0.0515. The zero-order valence-corrected chi connectivity index (χ0v) is 16.2. The molecule has 3 aromatic rings. The second-order valence-corrected chi connectivity index (χ2v) is 6.61. The summed E-state index contributed by atoms with van der Waals surface area (Å²) in [6.07, 6.45) is 3.34. The third-order valence-corrected chi connectivity index (χ3v) is 4.72. The smallest absolute Gasteiger partial charge is 0.328 e. The number of carbonyl (C=O) groups is 3. The number of barbiturate groups is 1. The molecule has 8 heteroatoms. The number of aromatic nitrogens is 1. The Morgan fingerprint density at radius 3 is 2.30 bits per heavy atom. The molecule has 2 N–H and O–H groups in total. The average molecular weight is 405 g/mol. The summed E-state index contributed by atoms with van der Waals surface area (Å²) in [6, 6.07) is 14.2. The molecule has 4 rings (SSSR count). The number of fused-ring (bicyclic) bond motifs is 1. The van der Waals surface area contributed by atoms with Crippen LogP contribution >= 0.6 is 0 Å². The van der Waals surface area contributed by atoms with Crippen LogP contribution in [0.4, 0.5) is 4.79 Å². The first-order valence-corrected chi connectivity index (χ1v) is 9.28. The number of imide groups is 2. The topological polar surface area (TPSA) is 98.7 Å². The largest absolute Gasteiger partial charge is 0.497 e. The number of rotatable bonds is 6. The molecule has 0 aliphatic carbocycles. The highest BCUT2D eigenvalue weighted by Gasteiger charge is 2.28. The van der Waals surface area contributed by atoms with E-state index in [4.69, 9.17) is 9.47 Å². The van der Waals surface area contributed by atoms with Crippen LogP contribution in [0.2, 0.25) is 0 Å². The van der Waals surface area contributed by atoms with Crippen molar-refractivity contribution in [3.05, 3.63) is 65.9 Å². The van der Waals surface area contributed by atoms with Gasteiger partial charge in [-0.2, -0.15) is 0 Å². The van der Waals surface area contributed by atoms with Gasteiger partial charge >= 0.3 is 6.03 Å². The van der Waals surface area contributed by atoms with Gasteiger partial charge in [-0.3, -0.25) is 20.2 Å². The van der Waals surface area contributed by atoms with Crippen LogP contribution in [0.5, 0.6) is 11.5 Å². The van der Waals surface area contributed by atoms with Crippen LogP contribution in [0.3, 0.4) is 0 Å². The Bertz CT molecular complexity index is 1140. The predicted octanol–water partition coefficient (Wildman–Crippen LogP) is 2.48. The second-order valence-electron chi connectivity index (χ2n) is 6.61. The van der Waals surface area contributed by atoms with E-state index in [0.717, 1.165) is 22.4 Å². The Kier molecular flexibility index (Phi) is 5.21. The highest BCUT2D eigenvalue weighted by molar-refractivity contribution is 6.31. The van der Waals surface area contributed by atoms with E-state index in [1.54, 1.807) is 7.11 Å². The molecular formula is C22H19N3O5. The molecule has 0 saturated carbocycles. The van der Waals surface area contributed by atoms with Crippen molar-refractivity contribution in [1.82, 2.24) is 15.2 Å². The summed E-state index contributed by atoms with van der Waals surface area (Å²) < 4.78 is 12.9. The number of carbonyl (C=O) groups excluding carboxylic acids is 3. The van der Waals surface area contributed by atoms with E-state index < -0.39 is 17.8 Å². The Hall–Kier alpha value is -4.07. The number of para-hydroxylation sites is 1.